The highest BCUT2D eigenvalue weighted by Gasteiger charge is 2.06. The van der Waals surface area contributed by atoms with Crippen molar-refractivity contribution in [2.45, 2.75) is 6.54 Å². The van der Waals surface area contributed by atoms with Crippen molar-refractivity contribution in [3.05, 3.63) is 76.5 Å². The molecule has 0 amide bonds. The third-order valence-electron chi connectivity index (χ3n) is 3.03. The number of hydrogen-bond donors (Lipinski definition) is 0. The molecule has 0 bridgehead atoms. The lowest BCUT2D eigenvalue weighted by molar-refractivity contribution is 0.522. The second kappa shape index (κ2) is 6.77. The highest BCUT2D eigenvalue weighted by atomic mass is 35.5. The van der Waals surface area contributed by atoms with Gasteiger partial charge in [0.05, 0.1) is 15.7 Å². The van der Waals surface area contributed by atoms with Crippen molar-refractivity contribution in [1.29, 1.82) is 0 Å². The summed E-state index contributed by atoms with van der Waals surface area (Å²) in [4.78, 5) is 0. The minimum atomic E-state index is 0.385. The molecule has 5 heteroatoms. The largest absolute Gasteiger partial charge is 0.459 e. The average molecular weight is 331 g/mol. The Kier molecular flexibility index (Phi) is 4.56. The van der Waals surface area contributed by atoms with E-state index >= 15 is 0 Å². The summed E-state index contributed by atoms with van der Waals surface area (Å²) in [5.41, 5.74) is 1.69. The number of hydrogen-bond acceptors (Lipinski definition) is 3. The molecule has 0 atom stereocenters. The Labute approximate surface area is 138 Å². The van der Waals surface area contributed by atoms with E-state index in [9.17, 15) is 0 Å². The molecular formula is C17H12Cl2N2O. The van der Waals surface area contributed by atoms with Crippen LogP contribution in [-0.4, -0.2) is 0 Å². The lowest BCUT2D eigenvalue weighted by Crippen LogP contribution is -1.76. The molecule has 0 aliphatic heterocycles. The lowest BCUT2D eigenvalue weighted by atomic mass is 10.2. The molecule has 0 N–H and O–H groups in total. The Bertz CT molecular complexity index is 797. The standard InChI is InChI=1S/C17H12Cl2N2O/c18-15-8-6-12(10-16(15)19)17-9-7-14(22-17)11-20-21-13-4-2-1-3-5-13/h1-10H,11H2. The molecule has 0 fully saturated rings. The predicted molar refractivity (Wildman–Crippen MR) is 88.8 cm³/mol. The van der Waals surface area contributed by atoms with Crippen LogP contribution in [-0.2, 0) is 6.54 Å². The Morgan fingerprint density at radius 1 is 0.864 bits per heavy atom. The molecule has 22 heavy (non-hydrogen) atoms. The molecule has 1 aromatic heterocycles. The van der Waals surface area contributed by atoms with Crippen molar-refractivity contribution in [3.8, 4) is 11.3 Å². The summed E-state index contributed by atoms with van der Waals surface area (Å²) in [6.45, 7) is 0.385. The summed E-state index contributed by atoms with van der Waals surface area (Å²) in [6, 6.07) is 18.7. The Morgan fingerprint density at radius 3 is 2.45 bits per heavy atom. The van der Waals surface area contributed by atoms with E-state index in [4.69, 9.17) is 27.6 Å². The Morgan fingerprint density at radius 2 is 1.68 bits per heavy atom. The minimum absolute atomic E-state index is 0.385. The molecule has 0 aliphatic carbocycles. The zero-order valence-electron chi connectivity index (χ0n) is 11.5. The topological polar surface area (TPSA) is 37.9 Å². The summed E-state index contributed by atoms with van der Waals surface area (Å²) in [5, 5.41) is 9.29. The van der Waals surface area contributed by atoms with Gasteiger partial charge in [0, 0.05) is 5.56 Å². The smallest absolute Gasteiger partial charge is 0.134 e. The molecular weight excluding hydrogens is 319 g/mol. The van der Waals surface area contributed by atoms with Crippen LogP contribution in [0.5, 0.6) is 0 Å². The van der Waals surface area contributed by atoms with Crippen LogP contribution < -0.4 is 0 Å². The Balaban J connectivity index is 1.71. The molecule has 0 spiro atoms. The number of rotatable bonds is 4. The SMILES string of the molecule is Clc1ccc(-c2ccc(CN=Nc3ccccc3)o2)cc1Cl. The average Bonchev–Trinajstić information content (AvgIpc) is 3.00. The predicted octanol–water partition coefficient (Wildman–Crippen LogP) is 6.54. The van der Waals surface area contributed by atoms with Crippen LogP contribution >= 0.6 is 23.2 Å². The number of azo groups is 1. The number of halogens is 2. The molecule has 3 aromatic rings. The van der Waals surface area contributed by atoms with Crippen molar-refractivity contribution < 1.29 is 4.42 Å². The highest BCUT2D eigenvalue weighted by Crippen LogP contribution is 2.29. The van der Waals surface area contributed by atoms with Crippen LogP contribution in [0.25, 0.3) is 11.3 Å². The van der Waals surface area contributed by atoms with Crippen LogP contribution in [0.2, 0.25) is 10.0 Å². The second-order valence-corrected chi connectivity index (χ2v) is 5.44. The molecule has 1 heterocycles. The molecule has 0 radical (unpaired) electrons. The van der Waals surface area contributed by atoms with Gasteiger partial charge in [0.25, 0.3) is 0 Å². The molecule has 0 unspecified atom stereocenters. The van der Waals surface area contributed by atoms with E-state index in [0.717, 1.165) is 22.8 Å². The summed E-state index contributed by atoms with van der Waals surface area (Å²) in [7, 11) is 0. The summed E-state index contributed by atoms with van der Waals surface area (Å²) < 4.78 is 5.75. The van der Waals surface area contributed by atoms with Gasteiger partial charge in [-0.3, -0.25) is 0 Å². The van der Waals surface area contributed by atoms with Crippen molar-refractivity contribution in [2.75, 3.05) is 0 Å². The zero-order chi connectivity index (χ0) is 15.4. The van der Waals surface area contributed by atoms with E-state index in [1.807, 2.05) is 48.5 Å². The van der Waals surface area contributed by atoms with Crippen molar-refractivity contribution >= 4 is 28.9 Å². The van der Waals surface area contributed by atoms with E-state index in [2.05, 4.69) is 10.2 Å². The third-order valence-corrected chi connectivity index (χ3v) is 3.77. The van der Waals surface area contributed by atoms with E-state index in [1.165, 1.54) is 0 Å². The first-order chi connectivity index (χ1) is 10.7. The van der Waals surface area contributed by atoms with Gasteiger partial charge in [-0.2, -0.15) is 10.2 Å². The van der Waals surface area contributed by atoms with Gasteiger partial charge in [0.15, 0.2) is 0 Å². The molecule has 3 rings (SSSR count). The van der Waals surface area contributed by atoms with Gasteiger partial charge in [-0.1, -0.05) is 41.4 Å². The van der Waals surface area contributed by atoms with Gasteiger partial charge in [-0.15, -0.1) is 0 Å². The monoisotopic (exact) mass is 330 g/mol. The number of furan rings is 1. The number of benzene rings is 2. The van der Waals surface area contributed by atoms with Crippen molar-refractivity contribution in [2.24, 2.45) is 10.2 Å². The number of nitrogens with zero attached hydrogens (tertiary/aromatic N) is 2. The Hall–Kier alpha value is -2.10. The van der Waals surface area contributed by atoms with Gasteiger partial charge in [0.2, 0.25) is 0 Å². The van der Waals surface area contributed by atoms with E-state index in [0.29, 0.717) is 16.6 Å². The minimum Gasteiger partial charge on any atom is -0.459 e. The van der Waals surface area contributed by atoms with Crippen molar-refractivity contribution in [3.63, 3.8) is 0 Å². The zero-order valence-corrected chi connectivity index (χ0v) is 13.1. The summed E-state index contributed by atoms with van der Waals surface area (Å²) in [6.07, 6.45) is 0. The fraction of sp³-hybridized carbons (Fsp3) is 0.0588. The molecule has 0 saturated carbocycles. The summed E-state index contributed by atoms with van der Waals surface area (Å²) >= 11 is 11.9. The van der Waals surface area contributed by atoms with E-state index in [-0.39, 0.29) is 0 Å². The molecule has 110 valence electrons. The van der Waals surface area contributed by atoms with Gasteiger partial charge < -0.3 is 4.42 Å². The first-order valence-electron chi connectivity index (χ1n) is 6.69. The fourth-order valence-electron chi connectivity index (χ4n) is 1.95. The van der Waals surface area contributed by atoms with E-state index < -0.39 is 0 Å². The van der Waals surface area contributed by atoms with Gasteiger partial charge in [-0.25, -0.2) is 0 Å². The van der Waals surface area contributed by atoms with Crippen LogP contribution in [0.3, 0.4) is 0 Å². The third kappa shape index (κ3) is 3.56. The maximum atomic E-state index is 6.01. The van der Waals surface area contributed by atoms with Crippen LogP contribution in [0.1, 0.15) is 5.76 Å². The van der Waals surface area contributed by atoms with Gasteiger partial charge in [-0.05, 0) is 42.5 Å². The molecule has 2 aromatic carbocycles. The second-order valence-electron chi connectivity index (χ2n) is 4.63. The van der Waals surface area contributed by atoms with Crippen LogP contribution in [0.4, 0.5) is 5.69 Å². The molecule has 3 nitrogen and oxygen atoms in total. The summed E-state index contributed by atoms with van der Waals surface area (Å²) in [5.74, 6) is 1.46. The van der Waals surface area contributed by atoms with E-state index in [1.54, 1.807) is 12.1 Å². The first-order valence-corrected chi connectivity index (χ1v) is 7.44. The molecule has 0 aliphatic rings. The van der Waals surface area contributed by atoms with Gasteiger partial charge >= 0.3 is 0 Å². The normalized spacial score (nSPS) is 11.2. The quantitative estimate of drug-likeness (QED) is 0.500. The van der Waals surface area contributed by atoms with Crippen molar-refractivity contribution in [1.82, 2.24) is 0 Å². The fourth-order valence-corrected chi connectivity index (χ4v) is 2.25. The van der Waals surface area contributed by atoms with Crippen LogP contribution in [0, 0.1) is 0 Å². The maximum absolute atomic E-state index is 6.01. The first kappa shape index (κ1) is 14.8. The maximum Gasteiger partial charge on any atom is 0.134 e. The lowest BCUT2D eigenvalue weighted by Gasteiger charge is -1.99. The van der Waals surface area contributed by atoms with Gasteiger partial charge in [0.1, 0.15) is 18.1 Å². The van der Waals surface area contributed by atoms with Crippen LogP contribution in [0.15, 0.2) is 75.3 Å². The molecule has 0 saturated heterocycles. The highest BCUT2D eigenvalue weighted by molar-refractivity contribution is 6.42.